The topological polar surface area (TPSA) is 84.5 Å². The molecule has 1 aliphatic heterocycles. The Labute approximate surface area is 179 Å². The number of aromatic amines is 1. The number of nitrogens with one attached hydrogen (secondary N) is 1. The summed E-state index contributed by atoms with van der Waals surface area (Å²) in [6.07, 6.45) is 4.64. The predicted octanol–water partition coefficient (Wildman–Crippen LogP) is 4.18. The molecule has 0 atom stereocenters. The summed E-state index contributed by atoms with van der Waals surface area (Å²) in [6.45, 7) is 10.7. The standard InChI is InChI=1S/C22H31N3O4S/c1-15-16(2)23-24-21(15)25-10-7-9-17-13-20(30(26,27)22(3,4)5)19(14-18(17)25)29-12-8-11-28-6/h7,9,13-14H,8,10-12H2,1-6H3,(H,23,24). The fourth-order valence-corrected chi connectivity index (χ4v) is 4.61. The van der Waals surface area contributed by atoms with Gasteiger partial charge in [-0.3, -0.25) is 5.10 Å². The monoisotopic (exact) mass is 433 g/mol. The molecule has 7 nitrogen and oxygen atoms in total. The van der Waals surface area contributed by atoms with Crippen LogP contribution in [0, 0.1) is 13.8 Å². The Morgan fingerprint density at radius 3 is 2.53 bits per heavy atom. The van der Waals surface area contributed by atoms with Crippen molar-refractivity contribution in [2.24, 2.45) is 0 Å². The number of hydrogen-bond donors (Lipinski definition) is 1. The van der Waals surface area contributed by atoms with E-state index in [9.17, 15) is 8.42 Å². The van der Waals surface area contributed by atoms with E-state index in [1.165, 1.54) is 0 Å². The summed E-state index contributed by atoms with van der Waals surface area (Å²) in [6, 6.07) is 3.55. The average Bonchev–Trinajstić information content (AvgIpc) is 3.02. The number of aromatic nitrogens is 2. The molecule has 0 bridgehead atoms. The van der Waals surface area contributed by atoms with Crippen molar-refractivity contribution in [1.82, 2.24) is 10.2 Å². The Hall–Kier alpha value is -2.32. The summed E-state index contributed by atoms with van der Waals surface area (Å²) in [5, 5.41) is 7.48. The predicted molar refractivity (Wildman–Crippen MR) is 119 cm³/mol. The minimum absolute atomic E-state index is 0.215. The number of ether oxygens (including phenoxy) is 2. The van der Waals surface area contributed by atoms with Crippen LogP contribution in [0.4, 0.5) is 11.5 Å². The number of benzene rings is 1. The third-order valence-corrected chi connectivity index (χ3v) is 7.81. The second kappa shape index (κ2) is 8.43. The molecule has 0 unspecified atom stereocenters. The lowest BCUT2D eigenvalue weighted by Gasteiger charge is -2.29. The summed E-state index contributed by atoms with van der Waals surface area (Å²) in [5.74, 6) is 1.19. The minimum Gasteiger partial charge on any atom is -0.492 e. The third kappa shape index (κ3) is 4.11. The van der Waals surface area contributed by atoms with E-state index in [0.717, 1.165) is 28.3 Å². The van der Waals surface area contributed by atoms with Crippen LogP contribution in [0.1, 0.15) is 44.0 Å². The Kier molecular flexibility index (Phi) is 6.29. The van der Waals surface area contributed by atoms with Crippen LogP contribution < -0.4 is 9.64 Å². The molecular weight excluding hydrogens is 402 g/mol. The summed E-state index contributed by atoms with van der Waals surface area (Å²) in [4.78, 5) is 2.29. The maximum atomic E-state index is 13.3. The second-order valence-electron chi connectivity index (χ2n) is 8.48. The molecular formula is C22H31N3O4S. The van der Waals surface area contributed by atoms with Gasteiger partial charge in [0, 0.05) is 44.0 Å². The Balaban J connectivity index is 2.12. The van der Waals surface area contributed by atoms with Crippen LogP contribution in [0.25, 0.3) is 6.08 Å². The van der Waals surface area contributed by atoms with Gasteiger partial charge in [-0.1, -0.05) is 12.2 Å². The zero-order valence-corrected chi connectivity index (χ0v) is 19.4. The lowest BCUT2D eigenvalue weighted by Crippen LogP contribution is -2.29. The van der Waals surface area contributed by atoms with Crippen molar-refractivity contribution >= 4 is 27.4 Å². The number of rotatable bonds is 7. The zero-order valence-electron chi connectivity index (χ0n) is 18.6. The van der Waals surface area contributed by atoms with E-state index >= 15 is 0 Å². The Morgan fingerprint density at radius 1 is 1.20 bits per heavy atom. The van der Waals surface area contributed by atoms with Gasteiger partial charge in [0.15, 0.2) is 15.7 Å². The van der Waals surface area contributed by atoms with Gasteiger partial charge in [0.1, 0.15) is 10.6 Å². The van der Waals surface area contributed by atoms with Crippen LogP contribution in [0.3, 0.4) is 0 Å². The van der Waals surface area contributed by atoms with Crippen LogP contribution in [0.2, 0.25) is 0 Å². The van der Waals surface area contributed by atoms with Crippen molar-refractivity contribution < 1.29 is 17.9 Å². The number of anilines is 2. The van der Waals surface area contributed by atoms with E-state index in [1.54, 1.807) is 33.9 Å². The van der Waals surface area contributed by atoms with Crippen LogP contribution in [-0.2, 0) is 14.6 Å². The van der Waals surface area contributed by atoms with Crippen LogP contribution >= 0.6 is 0 Å². The molecule has 0 amide bonds. The number of aryl methyl sites for hydroxylation is 1. The molecule has 1 aromatic heterocycles. The Bertz CT molecular complexity index is 1050. The molecule has 0 saturated heterocycles. The molecule has 1 N–H and O–H groups in total. The van der Waals surface area contributed by atoms with Crippen LogP contribution in [0.5, 0.6) is 5.75 Å². The summed E-state index contributed by atoms with van der Waals surface area (Å²) in [5.41, 5.74) is 3.77. The first-order valence-electron chi connectivity index (χ1n) is 10.1. The average molecular weight is 434 g/mol. The number of fused-ring (bicyclic) bond motifs is 1. The molecule has 2 heterocycles. The first-order valence-corrected chi connectivity index (χ1v) is 11.6. The summed E-state index contributed by atoms with van der Waals surface area (Å²) < 4.78 is 36.7. The van der Waals surface area contributed by atoms with Gasteiger partial charge in [-0.05, 0) is 46.2 Å². The number of methoxy groups -OCH3 is 1. The molecule has 8 heteroatoms. The lowest BCUT2D eigenvalue weighted by molar-refractivity contribution is 0.171. The van der Waals surface area contributed by atoms with Crippen molar-refractivity contribution in [3.63, 3.8) is 0 Å². The second-order valence-corrected chi connectivity index (χ2v) is 11.2. The third-order valence-electron chi connectivity index (χ3n) is 5.30. The molecule has 3 rings (SSSR count). The normalized spacial score (nSPS) is 14.1. The van der Waals surface area contributed by atoms with Gasteiger partial charge in [0.2, 0.25) is 0 Å². The maximum Gasteiger partial charge on any atom is 0.186 e. The SMILES string of the molecule is COCCCOc1cc2c(cc1S(=O)(=O)C(C)(C)C)C=CCN2c1n[nH]c(C)c1C. The quantitative estimate of drug-likeness (QED) is 0.660. The molecule has 0 saturated carbocycles. The lowest BCUT2D eigenvalue weighted by atomic mass is 10.1. The highest BCUT2D eigenvalue weighted by atomic mass is 32.2. The van der Waals surface area contributed by atoms with E-state index < -0.39 is 14.6 Å². The van der Waals surface area contributed by atoms with Gasteiger partial charge >= 0.3 is 0 Å². The fourth-order valence-electron chi connectivity index (χ4n) is 3.29. The molecule has 2 aromatic rings. The van der Waals surface area contributed by atoms with Crippen LogP contribution in [-0.4, -0.2) is 50.2 Å². The number of sulfone groups is 1. The van der Waals surface area contributed by atoms with Gasteiger partial charge in [0.05, 0.1) is 17.0 Å². The fraction of sp³-hybridized carbons (Fsp3) is 0.500. The van der Waals surface area contributed by atoms with E-state index in [-0.39, 0.29) is 4.90 Å². The molecule has 1 aromatic carbocycles. The van der Waals surface area contributed by atoms with Gasteiger partial charge in [-0.2, -0.15) is 5.10 Å². The van der Waals surface area contributed by atoms with E-state index in [2.05, 4.69) is 15.1 Å². The highest BCUT2D eigenvalue weighted by molar-refractivity contribution is 7.92. The molecule has 0 spiro atoms. The molecule has 0 aliphatic carbocycles. The maximum absolute atomic E-state index is 13.3. The van der Waals surface area contributed by atoms with Crippen molar-refractivity contribution in [1.29, 1.82) is 0 Å². The first-order chi connectivity index (χ1) is 14.1. The summed E-state index contributed by atoms with van der Waals surface area (Å²) >= 11 is 0. The highest BCUT2D eigenvalue weighted by Crippen LogP contribution is 2.41. The number of nitrogens with zero attached hydrogens (tertiary/aromatic N) is 2. The Morgan fingerprint density at radius 2 is 1.93 bits per heavy atom. The molecule has 0 fully saturated rings. The van der Waals surface area contributed by atoms with Crippen molar-refractivity contribution in [2.45, 2.75) is 50.7 Å². The molecule has 30 heavy (non-hydrogen) atoms. The van der Waals surface area contributed by atoms with E-state index in [1.807, 2.05) is 32.1 Å². The highest BCUT2D eigenvalue weighted by Gasteiger charge is 2.35. The van der Waals surface area contributed by atoms with Gasteiger partial charge in [0.25, 0.3) is 0 Å². The number of H-pyrrole nitrogens is 1. The zero-order chi connectivity index (χ0) is 22.1. The van der Waals surface area contributed by atoms with Crippen LogP contribution in [0.15, 0.2) is 23.1 Å². The van der Waals surface area contributed by atoms with Gasteiger partial charge in [-0.25, -0.2) is 8.42 Å². The first kappa shape index (κ1) is 22.4. The molecule has 0 radical (unpaired) electrons. The van der Waals surface area contributed by atoms with Crippen molar-refractivity contribution in [2.75, 3.05) is 31.8 Å². The molecule has 1 aliphatic rings. The van der Waals surface area contributed by atoms with E-state index in [0.29, 0.717) is 31.9 Å². The summed E-state index contributed by atoms with van der Waals surface area (Å²) in [7, 11) is -1.97. The molecule has 164 valence electrons. The number of hydrogen-bond acceptors (Lipinski definition) is 6. The minimum atomic E-state index is -3.60. The smallest absolute Gasteiger partial charge is 0.186 e. The van der Waals surface area contributed by atoms with Gasteiger partial charge in [-0.15, -0.1) is 0 Å². The van der Waals surface area contributed by atoms with Crippen molar-refractivity contribution in [3.05, 3.63) is 35.0 Å². The van der Waals surface area contributed by atoms with E-state index in [4.69, 9.17) is 9.47 Å². The van der Waals surface area contributed by atoms with Crippen molar-refractivity contribution in [3.8, 4) is 5.75 Å². The van der Waals surface area contributed by atoms with Gasteiger partial charge < -0.3 is 14.4 Å². The largest absolute Gasteiger partial charge is 0.492 e.